The fourth-order valence-electron chi connectivity index (χ4n) is 2.36. The third-order valence-corrected chi connectivity index (χ3v) is 3.93. The van der Waals surface area contributed by atoms with Crippen LogP contribution in [0.4, 0.5) is 5.69 Å². The van der Waals surface area contributed by atoms with E-state index < -0.39 is 0 Å². The van der Waals surface area contributed by atoms with Gasteiger partial charge in [0.15, 0.2) is 0 Å². The first-order valence-corrected chi connectivity index (χ1v) is 6.68. The summed E-state index contributed by atoms with van der Waals surface area (Å²) in [6.07, 6.45) is 4.22. The molecule has 2 heterocycles. The van der Waals surface area contributed by atoms with E-state index in [0.29, 0.717) is 10.8 Å². The summed E-state index contributed by atoms with van der Waals surface area (Å²) in [7, 11) is 0. The van der Waals surface area contributed by atoms with Gasteiger partial charge in [-0.1, -0.05) is 18.5 Å². The second-order valence-corrected chi connectivity index (χ2v) is 5.09. The minimum Gasteiger partial charge on any atom is -0.324 e. The standard InChI is InChI=1S/C13H18ClN3O/c1-2-13(5-7-15-8-6-13)12(18)17-10-3-4-11(14)16-9-10/h3-4,9,15H,2,5-8H2,1H3,(H,17,18). The van der Waals surface area contributed by atoms with Crippen molar-refractivity contribution in [3.8, 4) is 0 Å². The van der Waals surface area contributed by atoms with E-state index in [2.05, 4.69) is 22.5 Å². The Morgan fingerprint density at radius 1 is 1.50 bits per heavy atom. The van der Waals surface area contributed by atoms with Gasteiger partial charge in [0.1, 0.15) is 5.15 Å². The fourth-order valence-corrected chi connectivity index (χ4v) is 2.47. The molecule has 0 spiro atoms. The van der Waals surface area contributed by atoms with E-state index in [9.17, 15) is 4.79 Å². The summed E-state index contributed by atoms with van der Waals surface area (Å²) in [6.45, 7) is 3.88. The molecular weight excluding hydrogens is 250 g/mol. The van der Waals surface area contributed by atoms with Crippen LogP contribution in [0.1, 0.15) is 26.2 Å². The molecule has 0 aromatic carbocycles. The Kier molecular flexibility index (Phi) is 4.19. The van der Waals surface area contributed by atoms with Crippen LogP contribution < -0.4 is 10.6 Å². The summed E-state index contributed by atoms with van der Waals surface area (Å²) in [5.74, 6) is 0.0932. The molecule has 2 rings (SSSR count). The van der Waals surface area contributed by atoms with Crippen molar-refractivity contribution >= 4 is 23.2 Å². The molecule has 0 unspecified atom stereocenters. The molecule has 1 amide bonds. The van der Waals surface area contributed by atoms with Crippen molar-refractivity contribution < 1.29 is 4.79 Å². The molecule has 0 atom stereocenters. The van der Waals surface area contributed by atoms with E-state index >= 15 is 0 Å². The monoisotopic (exact) mass is 267 g/mol. The molecule has 98 valence electrons. The number of pyridine rings is 1. The van der Waals surface area contributed by atoms with E-state index in [-0.39, 0.29) is 11.3 Å². The Labute approximate surface area is 112 Å². The molecule has 5 heteroatoms. The highest BCUT2D eigenvalue weighted by molar-refractivity contribution is 6.29. The molecule has 0 bridgehead atoms. The first-order valence-electron chi connectivity index (χ1n) is 6.30. The lowest BCUT2D eigenvalue weighted by Gasteiger charge is -2.35. The molecule has 4 nitrogen and oxygen atoms in total. The lowest BCUT2D eigenvalue weighted by atomic mass is 9.76. The van der Waals surface area contributed by atoms with E-state index in [1.54, 1.807) is 18.3 Å². The predicted octanol–water partition coefficient (Wildman–Crippen LogP) is 2.45. The molecule has 1 aromatic rings. The highest BCUT2D eigenvalue weighted by Crippen LogP contribution is 2.33. The second-order valence-electron chi connectivity index (χ2n) is 4.71. The SMILES string of the molecule is CCC1(C(=O)Nc2ccc(Cl)nc2)CCNCC1. The summed E-state index contributed by atoms with van der Waals surface area (Å²) < 4.78 is 0. The molecule has 1 aromatic heterocycles. The van der Waals surface area contributed by atoms with Crippen LogP contribution >= 0.6 is 11.6 Å². The molecule has 0 aliphatic carbocycles. The summed E-state index contributed by atoms with van der Waals surface area (Å²) in [6, 6.07) is 3.45. The smallest absolute Gasteiger partial charge is 0.230 e. The van der Waals surface area contributed by atoms with Gasteiger partial charge in [0.05, 0.1) is 17.3 Å². The van der Waals surface area contributed by atoms with Crippen LogP contribution in [-0.2, 0) is 4.79 Å². The van der Waals surface area contributed by atoms with Gasteiger partial charge in [-0.2, -0.15) is 0 Å². The number of anilines is 1. The Morgan fingerprint density at radius 3 is 2.78 bits per heavy atom. The van der Waals surface area contributed by atoms with Gasteiger partial charge in [-0.05, 0) is 44.5 Å². The lowest BCUT2D eigenvalue weighted by molar-refractivity contribution is -0.127. The number of rotatable bonds is 3. The van der Waals surface area contributed by atoms with Gasteiger partial charge in [0.25, 0.3) is 0 Å². The van der Waals surface area contributed by atoms with Crippen molar-refractivity contribution in [2.24, 2.45) is 5.41 Å². The van der Waals surface area contributed by atoms with Crippen molar-refractivity contribution in [2.45, 2.75) is 26.2 Å². The number of amides is 1. The summed E-state index contributed by atoms with van der Waals surface area (Å²) in [5, 5.41) is 6.66. The largest absolute Gasteiger partial charge is 0.324 e. The van der Waals surface area contributed by atoms with E-state index in [1.165, 1.54) is 0 Å². The van der Waals surface area contributed by atoms with Crippen LogP contribution in [0.15, 0.2) is 18.3 Å². The first kappa shape index (κ1) is 13.3. The molecule has 1 aliphatic heterocycles. The number of piperidine rings is 1. The zero-order chi connectivity index (χ0) is 13.0. The van der Waals surface area contributed by atoms with Gasteiger partial charge >= 0.3 is 0 Å². The van der Waals surface area contributed by atoms with E-state index in [4.69, 9.17) is 11.6 Å². The molecule has 1 saturated heterocycles. The highest BCUT2D eigenvalue weighted by Gasteiger charge is 2.37. The third-order valence-electron chi connectivity index (χ3n) is 3.70. The van der Waals surface area contributed by atoms with Crippen molar-refractivity contribution in [1.29, 1.82) is 0 Å². The Balaban J connectivity index is 2.07. The summed E-state index contributed by atoms with van der Waals surface area (Å²) in [5.41, 5.74) is 0.459. The van der Waals surface area contributed by atoms with Crippen molar-refractivity contribution in [3.63, 3.8) is 0 Å². The van der Waals surface area contributed by atoms with Crippen molar-refractivity contribution in [3.05, 3.63) is 23.5 Å². The number of halogens is 1. The first-order chi connectivity index (χ1) is 8.66. The number of nitrogens with one attached hydrogen (secondary N) is 2. The molecule has 2 N–H and O–H groups in total. The average molecular weight is 268 g/mol. The summed E-state index contributed by atoms with van der Waals surface area (Å²) in [4.78, 5) is 16.4. The van der Waals surface area contributed by atoms with Gasteiger partial charge in [-0.25, -0.2) is 4.98 Å². The van der Waals surface area contributed by atoms with Gasteiger partial charge in [0.2, 0.25) is 5.91 Å². The number of nitrogens with zero attached hydrogens (tertiary/aromatic N) is 1. The third kappa shape index (κ3) is 2.82. The normalized spacial score (nSPS) is 18.3. The van der Waals surface area contributed by atoms with Gasteiger partial charge in [-0.3, -0.25) is 4.79 Å². The maximum atomic E-state index is 12.4. The van der Waals surface area contributed by atoms with E-state index in [0.717, 1.165) is 32.4 Å². The number of carbonyl (C=O) groups is 1. The van der Waals surface area contributed by atoms with Crippen LogP contribution in [0.3, 0.4) is 0 Å². The minimum atomic E-state index is -0.245. The van der Waals surface area contributed by atoms with E-state index in [1.807, 2.05) is 0 Å². The van der Waals surface area contributed by atoms with Crippen molar-refractivity contribution in [1.82, 2.24) is 10.3 Å². The van der Waals surface area contributed by atoms with Crippen LogP contribution in [0.5, 0.6) is 0 Å². The Bertz CT molecular complexity index is 413. The van der Waals surface area contributed by atoms with Gasteiger partial charge < -0.3 is 10.6 Å². The van der Waals surface area contributed by atoms with Crippen LogP contribution in [0, 0.1) is 5.41 Å². The number of hydrogen-bond donors (Lipinski definition) is 2. The molecule has 18 heavy (non-hydrogen) atoms. The number of hydrogen-bond acceptors (Lipinski definition) is 3. The topological polar surface area (TPSA) is 54.0 Å². The maximum absolute atomic E-state index is 12.4. The lowest BCUT2D eigenvalue weighted by Crippen LogP contribution is -2.44. The van der Waals surface area contributed by atoms with Crippen LogP contribution in [0.25, 0.3) is 0 Å². The molecular formula is C13H18ClN3O. The predicted molar refractivity (Wildman–Crippen MR) is 72.7 cm³/mol. The molecule has 0 radical (unpaired) electrons. The molecule has 0 saturated carbocycles. The summed E-state index contributed by atoms with van der Waals surface area (Å²) >= 11 is 5.72. The van der Waals surface area contributed by atoms with Gasteiger partial charge in [-0.15, -0.1) is 0 Å². The van der Waals surface area contributed by atoms with Gasteiger partial charge in [0, 0.05) is 0 Å². The second kappa shape index (κ2) is 5.67. The highest BCUT2D eigenvalue weighted by atomic mass is 35.5. The zero-order valence-electron chi connectivity index (χ0n) is 10.5. The molecule has 1 fully saturated rings. The number of carbonyl (C=O) groups excluding carboxylic acids is 1. The van der Waals surface area contributed by atoms with Crippen molar-refractivity contribution in [2.75, 3.05) is 18.4 Å². The number of aromatic nitrogens is 1. The van der Waals surface area contributed by atoms with Crippen LogP contribution in [0.2, 0.25) is 5.15 Å². The maximum Gasteiger partial charge on any atom is 0.230 e. The quantitative estimate of drug-likeness (QED) is 0.827. The fraction of sp³-hybridized carbons (Fsp3) is 0.538. The Hall–Kier alpha value is -1.13. The Morgan fingerprint density at radius 2 is 2.22 bits per heavy atom. The van der Waals surface area contributed by atoms with Crippen LogP contribution in [-0.4, -0.2) is 24.0 Å². The average Bonchev–Trinajstić information content (AvgIpc) is 2.42. The minimum absolute atomic E-state index is 0.0932. The zero-order valence-corrected chi connectivity index (χ0v) is 11.3. The molecule has 1 aliphatic rings.